The maximum absolute atomic E-state index is 13.0. The molecule has 0 unspecified atom stereocenters. The number of carbonyl (C=O) groups is 2. The molecular weight excluding hydrogens is 401 g/mol. The summed E-state index contributed by atoms with van der Waals surface area (Å²) in [6.45, 7) is 0.0329. The van der Waals surface area contributed by atoms with Crippen LogP contribution in [0.25, 0.3) is 0 Å². The van der Waals surface area contributed by atoms with Gasteiger partial charge in [0.05, 0.1) is 24.9 Å². The quantitative estimate of drug-likeness (QED) is 0.558. The van der Waals surface area contributed by atoms with Gasteiger partial charge in [-0.2, -0.15) is 13.2 Å². The third-order valence-electron chi connectivity index (χ3n) is 3.46. The highest BCUT2D eigenvalue weighted by atomic mass is 35.5. The Morgan fingerprint density at radius 3 is 2.29 bits per heavy atom. The van der Waals surface area contributed by atoms with Crippen LogP contribution in [0.1, 0.15) is 5.56 Å². The number of alkyl halides is 3. The lowest BCUT2D eigenvalue weighted by molar-refractivity contribution is -0.138. The van der Waals surface area contributed by atoms with Crippen LogP contribution in [-0.4, -0.2) is 32.1 Å². The molecular formula is C18H16ClF3N2O4. The van der Waals surface area contributed by atoms with Crippen LogP contribution < -0.4 is 20.1 Å². The van der Waals surface area contributed by atoms with Gasteiger partial charge in [-0.3, -0.25) is 9.59 Å². The Hall–Kier alpha value is -2.94. The highest BCUT2D eigenvalue weighted by molar-refractivity contribution is 6.39. The van der Waals surface area contributed by atoms with Gasteiger partial charge in [-0.05, 0) is 42.5 Å². The van der Waals surface area contributed by atoms with Crippen molar-refractivity contribution in [2.75, 3.05) is 25.6 Å². The van der Waals surface area contributed by atoms with E-state index in [1.165, 1.54) is 13.2 Å². The van der Waals surface area contributed by atoms with Crippen molar-refractivity contribution in [3.8, 4) is 11.5 Å². The van der Waals surface area contributed by atoms with Crippen LogP contribution in [0, 0.1) is 0 Å². The van der Waals surface area contributed by atoms with Crippen LogP contribution >= 0.6 is 11.6 Å². The van der Waals surface area contributed by atoms with Gasteiger partial charge in [0.2, 0.25) is 0 Å². The Morgan fingerprint density at radius 2 is 1.68 bits per heavy atom. The molecule has 0 fully saturated rings. The lowest BCUT2D eigenvalue weighted by Crippen LogP contribution is -2.37. The molecule has 28 heavy (non-hydrogen) atoms. The fourth-order valence-electron chi connectivity index (χ4n) is 2.12. The first kappa shape index (κ1) is 21.4. The third kappa shape index (κ3) is 6.05. The zero-order valence-corrected chi connectivity index (χ0v) is 15.4. The number of hydrogen-bond donors (Lipinski definition) is 2. The van der Waals surface area contributed by atoms with Gasteiger partial charge in [-0.25, -0.2) is 0 Å². The van der Waals surface area contributed by atoms with Crippen LogP contribution in [-0.2, 0) is 15.8 Å². The maximum Gasteiger partial charge on any atom is 0.418 e. The van der Waals surface area contributed by atoms with Crippen molar-refractivity contribution >= 4 is 29.1 Å². The van der Waals surface area contributed by atoms with Gasteiger partial charge in [0.15, 0.2) is 0 Å². The Balaban J connectivity index is 1.85. The number of amides is 2. The van der Waals surface area contributed by atoms with Gasteiger partial charge in [0, 0.05) is 5.02 Å². The molecule has 0 bridgehead atoms. The molecule has 150 valence electrons. The lowest BCUT2D eigenvalue weighted by atomic mass is 10.1. The summed E-state index contributed by atoms with van der Waals surface area (Å²) in [5, 5.41) is 4.04. The molecule has 0 atom stereocenters. The van der Waals surface area contributed by atoms with Crippen molar-refractivity contribution < 1.29 is 32.2 Å². The SMILES string of the molecule is COc1ccc(OCCNC(=O)C(=O)Nc2ccc(Cl)cc2C(F)(F)F)cc1. The zero-order valence-electron chi connectivity index (χ0n) is 14.6. The first-order chi connectivity index (χ1) is 13.2. The van der Waals surface area contributed by atoms with Crippen LogP contribution in [0.15, 0.2) is 42.5 Å². The number of hydrogen-bond acceptors (Lipinski definition) is 4. The second-order valence-corrected chi connectivity index (χ2v) is 5.86. The van der Waals surface area contributed by atoms with E-state index in [-0.39, 0.29) is 18.2 Å². The van der Waals surface area contributed by atoms with Gasteiger partial charge in [-0.1, -0.05) is 11.6 Å². The summed E-state index contributed by atoms with van der Waals surface area (Å²) in [6.07, 6.45) is -4.74. The molecule has 0 spiro atoms. The van der Waals surface area contributed by atoms with Gasteiger partial charge in [-0.15, -0.1) is 0 Å². The molecule has 2 amide bonds. The molecule has 0 radical (unpaired) electrons. The number of benzene rings is 2. The number of methoxy groups -OCH3 is 1. The van der Waals surface area contributed by atoms with E-state index in [0.717, 1.165) is 6.07 Å². The number of rotatable bonds is 6. The predicted octanol–water partition coefficient (Wildman–Crippen LogP) is 3.50. The summed E-state index contributed by atoms with van der Waals surface area (Å²) >= 11 is 5.56. The lowest BCUT2D eigenvalue weighted by Gasteiger charge is -2.14. The average Bonchev–Trinajstić information content (AvgIpc) is 2.66. The first-order valence-electron chi connectivity index (χ1n) is 7.93. The van der Waals surface area contributed by atoms with Gasteiger partial charge >= 0.3 is 18.0 Å². The van der Waals surface area contributed by atoms with Gasteiger partial charge < -0.3 is 20.1 Å². The molecule has 2 rings (SSSR count). The molecule has 2 N–H and O–H groups in total. The summed E-state index contributed by atoms with van der Waals surface area (Å²) in [7, 11) is 1.53. The van der Waals surface area contributed by atoms with Gasteiger partial charge in [0.25, 0.3) is 0 Å². The second-order valence-electron chi connectivity index (χ2n) is 5.42. The van der Waals surface area contributed by atoms with Crippen molar-refractivity contribution in [1.82, 2.24) is 5.32 Å². The van der Waals surface area contributed by atoms with E-state index in [9.17, 15) is 22.8 Å². The van der Waals surface area contributed by atoms with E-state index in [2.05, 4.69) is 5.32 Å². The Labute approximate surface area is 163 Å². The third-order valence-corrected chi connectivity index (χ3v) is 3.69. The molecule has 2 aromatic rings. The largest absolute Gasteiger partial charge is 0.497 e. The minimum atomic E-state index is -4.74. The first-order valence-corrected chi connectivity index (χ1v) is 8.31. The molecule has 0 aliphatic heterocycles. The Kier molecular flexibility index (Phi) is 7.11. The smallest absolute Gasteiger partial charge is 0.418 e. The molecule has 0 heterocycles. The summed E-state index contributed by atoms with van der Waals surface area (Å²) in [5.41, 5.74) is -1.71. The number of carbonyl (C=O) groups excluding carboxylic acids is 2. The maximum atomic E-state index is 13.0. The molecule has 0 saturated heterocycles. The van der Waals surface area contributed by atoms with Crippen molar-refractivity contribution in [1.29, 1.82) is 0 Å². The predicted molar refractivity (Wildman–Crippen MR) is 96.6 cm³/mol. The van der Waals surface area contributed by atoms with Crippen LogP contribution in [0.5, 0.6) is 11.5 Å². The van der Waals surface area contributed by atoms with E-state index < -0.39 is 29.2 Å². The molecule has 0 saturated carbocycles. The number of nitrogens with one attached hydrogen (secondary N) is 2. The van der Waals surface area contributed by atoms with Crippen LogP contribution in [0.3, 0.4) is 0 Å². The fourth-order valence-corrected chi connectivity index (χ4v) is 2.30. The number of ether oxygens (including phenoxy) is 2. The van der Waals surface area contributed by atoms with Crippen molar-refractivity contribution in [3.05, 3.63) is 53.1 Å². The summed E-state index contributed by atoms with van der Waals surface area (Å²) in [5.74, 6) is -1.16. The van der Waals surface area contributed by atoms with E-state index in [0.29, 0.717) is 17.6 Å². The summed E-state index contributed by atoms with van der Waals surface area (Å²) in [4.78, 5) is 23.6. The second kappa shape index (κ2) is 9.32. The van der Waals surface area contributed by atoms with Crippen LogP contribution in [0.4, 0.5) is 18.9 Å². The zero-order chi connectivity index (χ0) is 20.7. The normalized spacial score (nSPS) is 10.9. The molecule has 6 nitrogen and oxygen atoms in total. The Bertz CT molecular complexity index is 842. The van der Waals surface area contributed by atoms with Crippen LogP contribution in [0.2, 0.25) is 5.02 Å². The summed E-state index contributed by atoms with van der Waals surface area (Å²) in [6, 6.07) is 9.50. The monoisotopic (exact) mass is 416 g/mol. The summed E-state index contributed by atoms with van der Waals surface area (Å²) < 4.78 is 49.4. The fraction of sp³-hybridized carbons (Fsp3) is 0.222. The standard InChI is InChI=1S/C18H16ClF3N2O4/c1-27-12-3-5-13(6-4-12)28-9-8-23-16(25)17(26)24-15-7-2-11(19)10-14(15)18(20,21)22/h2-7,10H,8-9H2,1H3,(H,23,25)(H,24,26). The topological polar surface area (TPSA) is 76.7 Å². The molecule has 10 heteroatoms. The molecule has 0 aromatic heterocycles. The highest BCUT2D eigenvalue weighted by Crippen LogP contribution is 2.36. The average molecular weight is 417 g/mol. The minimum absolute atomic E-state index is 0.0228. The van der Waals surface area contributed by atoms with E-state index in [1.807, 2.05) is 5.32 Å². The van der Waals surface area contributed by atoms with Crippen molar-refractivity contribution in [2.24, 2.45) is 0 Å². The molecule has 0 aliphatic rings. The molecule has 2 aromatic carbocycles. The minimum Gasteiger partial charge on any atom is -0.497 e. The number of anilines is 1. The number of halogens is 4. The Morgan fingerprint density at radius 1 is 1.04 bits per heavy atom. The highest BCUT2D eigenvalue weighted by Gasteiger charge is 2.34. The van der Waals surface area contributed by atoms with Crippen molar-refractivity contribution in [3.63, 3.8) is 0 Å². The van der Waals surface area contributed by atoms with E-state index in [4.69, 9.17) is 21.1 Å². The van der Waals surface area contributed by atoms with Crippen molar-refractivity contribution in [2.45, 2.75) is 6.18 Å². The van der Waals surface area contributed by atoms with E-state index >= 15 is 0 Å². The molecule has 0 aliphatic carbocycles. The van der Waals surface area contributed by atoms with Gasteiger partial charge in [0.1, 0.15) is 18.1 Å². The van der Waals surface area contributed by atoms with E-state index in [1.54, 1.807) is 24.3 Å².